The van der Waals surface area contributed by atoms with Gasteiger partial charge in [0.25, 0.3) is 0 Å². The lowest BCUT2D eigenvalue weighted by atomic mass is 9.88. The molecule has 0 aromatic heterocycles. The molecule has 2 aromatic rings. The highest BCUT2D eigenvalue weighted by atomic mass is 16.5. The Kier molecular flexibility index (Phi) is 8.10. The maximum Gasteiger partial charge on any atom is 0.304 e. The van der Waals surface area contributed by atoms with Gasteiger partial charge in [0.15, 0.2) is 0 Å². The van der Waals surface area contributed by atoms with Gasteiger partial charge in [-0.15, -0.1) is 0 Å². The number of benzene rings is 2. The van der Waals surface area contributed by atoms with Gasteiger partial charge in [-0.25, -0.2) is 0 Å². The number of ether oxygens (including phenoxy) is 1. The predicted octanol–water partition coefficient (Wildman–Crippen LogP) is 4.34. The maximum atomic E-state index is 11.2. The van der Waals surface area contributed by atoms with Crippen molar-refractivity contribution in [3.63, 3.8) is 0 Å². The zero-order chi connectivity index (χ0) is 16.7. The van der Waals surface area contributed by atoms with E-state index in [4.69, 9.17) is 4.74 Å². The molecule has 2 atom stereocenters. The molecular formula is C20H24BO3. The van der Waals surface area contributed by atoms with E-state index in [1.807, 2.05) is 54.6 Å². The monoisotopic (exact) mass is 323 g/mol. The number of hydrogen-bond acceptors (Lipinski definition) is 2. The third-order valence-electron chi connectivity index (χ3n) is 4.09. The molecule has 125 valence electrons. The summed E-state index contributed by atoms with van der Waals surface area (Å²) in [6.07, 6.45) is 1.17. The molecule has 0 saturated carbocycles. The van der Waals surface area contributed by atoms with Gasteiger partial charge in [0.1, 0.15) is 5.75 Å². The van der Waals surface area contributed by atoms with Crippen LogP contribution in [0.25, 0.3) is 0 Å². The quantitative estimate of drug-likeness (QED) is 0.735. The van der Waals surface area contributed by atoms with Gasteiger partial charge < -0.3 is 9.84 Å². The third-order valence-corrected chi connectivity index (χ3v) is 4.09. The van der Waals surface area contributed by atoms with Crippen molar-refractivity contribution in [3.8, 4) is 5.75 Å². The average molecular weight is 323 g/mol. The van der Waals surface area contributed by atoms with Crippen LogP contribution in [0.1, 0.15) is 43.7 Å². The van der Waals surface area contributed by atoms with Crippen molar-refractivity contribution in [1.82, 2.24) is 0 Å². The van der Waals surface area contributed by atoms with Gasteiger partial charge in [0.2, 0.25) is 0 Å². The standard InChI is InChI=1S/C20H24O3.B/c1-3-15(2)14-23-18-11-9-17(10-12-18)19(13-20(21)22)16-7-5-4-6-8-16;/h4-12,15,19H,3,13-14H2,1-2H3,(H,21,22);/t15-,19?;/m1./s1. The Morgan fingerprint density at radius 3 is 2.17 bits per heavy atom. The molecule has 0 heterocycles. The predicted molar refractivity (Wildman–Crippen MR) is 97.7 cm³/mol. The number of rotatable bonds is 8. The molecule has 0 saturated heterocycles. The summed E-state index contributed by atoms with van der Waals surface area (Å²) in [5.74, 6) is 0.420. The van der Waals surface area contributed by atoms with Crippen LogP contribution in [0.2, 0.25) is 0 Å². The molecule has 3 nitrogen and oxygen atoms in total. The highest BCUT2D eigenvalue weighted by molar-refractivity contribution is 5.75. The smallest absolute Gasteiger partial charge is 0.304 e. The summed E-state index contributed by atoms with van der Waals surface area (Å²) in [5.41, 5.74) is 2.01. The van der Waals surface area contributed by atoms with Gasteiger partial charge in [0.05, 0.1) is 13.0 Å². The number of aliphatic carboxylic acids is 1. The molecule has 0 aliphatic carbocycles. The SMILES string of the molecule is CC[C@@H](C)COc1ccc(C(CC(=O)O)c2ccccc2)cc1.[B]. The normalized spacial score (nSPS) is 12.8. The first-order valence-electron chi connectivity index (χ1n) is 8.09. The molecular weight excluding hydrogens is 299 g/mol. The average Bonchev–Trinajstić information content (AvgIpc) is 2.58. The van der Waals surface area contributed by atoms with Crippen LogP contribution in [0.4, 0.5) is 0 Å². The molecule has 1 unspecified atom stereocenters. The lowest BCUT2D eigenvalue weighted by Gasteiger charge is -2.17. The number of carboxylic acid groups (broad SMARTS) is 1. The van der Waals surface area contributed by atoms with Crippen LogP contribution in [0.15, 0.2) is 54.6 Å². The molecule has 24 heavy (non-hydrogen) atoms. The summed E-state index contributed by atoms with van der Waals surface area (Å²) in [6.45, 7) is 5.01. The van der Waals surface area contributed by atoms with Crippen molar-refractivity contribution >= 4 is 14.4 Å². The fraction of sp³-hybridized carbons (Fsp3) is 0.350. The summed E-state index contributed by atoms with van der Waals surface area (Å²) < 4.78 is 5.76. The van der Waals surface area contributed by atoms with Gasteiger partial charge in [-0.05, 0) is 29.2 Å². The summed E-state index contributed by atoms with van der Waals surface area (Å²) in [4.78, 5) is 11.2. The summed E-state index contributed by atoms with van der Waals surface area (Å²) in [6, 6.07) is 17.5. The van der Waals surface area contributed by atoms with Gasteiger partial charge in [-0.3, -0.25) is 4.79 Å². The first-order chi connectivity index (χ1) is 11.1. The molecule has 2 rings (SSSR count). The van der Waals surface area contributed by atoms with Gasteiger partial charge in [0, 0.05) is 14.3 Å². The number of carbonyl (C=O) groups is 1. The third kappa shape index (κ3) is 5.76. The van der Waals surface area contributed by atoms with Crippen molar-refractivity contribution in [2.45, 2.75) is 32.6 Å². The fourth-order valence-corrected chi connectivity index (χ4v) is 2.44. The molecule has 0 aliphatic heterocycles. The van der Waals surface area contributed by atoms with E-state index >= 15 is 0 Å². The Morgan fingerprint density at radius 1 is 1.04 bits per heavy atom. The summed E-state index contributed by atoms with van der Waals surface area (Å²) in [7, 11) is 0. The largest absolute Gasteiger partial charge is 0.493 e. The van der Waals surface area contributed by atoms with E-state index in [0.717, 1.165) is 23.3 Å². The number of hydrogen-bond donors (Lipinski definition) is 1. The second-order valence-corrected chi connectivity index (χ2v) is 5.95. The molecule has 1 N–H and O–H groups in total. The van der Waals surface area contributed by atoms with Crippen LogP contribution in [0, 0.1) is 5.92 Å². The molecule has 0 aliphatic rings. The number of carboxylic acids is 1. The van der Waals surface area contributed by atoms with Crippen molar-refractivity contribution in [2.75, 3.05) is 6.61 Å². The van der Waals surface area contributed by atoms with E-state index in [1.165, 1.54) is 0 Å². The highest BCUT2D eigenvalue weighted by Crippen LogP contribution is 2.29. The van der Waals surface area contributed by atoms with E-state index in [0.29, 0.717) is 12.5 Å². The van der Waals surface area contributed by atoms with Crippen molar-refractivity contribution in [3.05, 3.63) is 65.7 Å². The Balaban J connectivity index is 0.00000288. The van der Waals surface area contributed by atoms with Crippen molar-refractivity contribution in [1.29, 1.82) is 0 Å². The maximum absolute atomic E-state index is 11.2. The van der Waals surface area contributed by atoms with Gasteiger partial charge >= 0.3 is 5.97 Å². The molecule has 3 radical (unpaired) electrons. The topological polar surface area (TPSA) is 46.5 Å². The highest BCUT2D eigenvalue weighted by Gasteiger charge is 2.17. The lowest BCUT2D eigenvalue weighted by molar-refractivity contribution is -0.137. The Labute approximate surface area is 146 Å². The Morgan fingerprint density at radius 2 is 1.62 bits per heavy atom. The first kappa shape index (κ1) is 19.8. The second-order valence-electron chi connectivity index (χ2n) is 5.95. The zero-order valence-electron chi connectivity index (χ0n) is 14.3. The van der Waals surface area contributed by atoms with Gasteiger partial charge in [-0.2, -0.15) is 0 Å². The van der Waals surface area contributed by atoms with E-state index < -0.39 is 5.97 Å². The van der Waals surface area contributed by atoms with E-state index in [2.05, 4.69) is 13.8 Å². The lowest BCUT2D eigenvalue weighted by Crippen LogP contribution is -2.09. The van der Waals surface area contributed by atoms with Crippen LogP contribution < -0.4 is 4.74 Å². The van der Waals surface area contributed by atoms with Crippen LogP contribution in [0.3, 0.4) is 0 Å². The van der Waals surface area contributed by atoms with E-state index in [1.54, 1.807) is 0 Å². The minimum absolute atomic E-state index is 0. The minimum atomic E-state index is -0.795. The van der Waals surface area contributed by atoms with Crippen LogP contribution in [-0.2, 0) is 4.79 Å². The molecule has 0 bridgehead atoms. The zero-order valence-corrected chi connectivity index (χ0v) is 14.3. The van der Waals surface area contributed by atoms with Crippen LogP contribution in [-0.4, -0.2) is 26.1 Å². The molecule has 2 aromatic carbocycles. The molecule has 0 spiro atoms. The summed E-state index contributed by atoms with van der Waals surface area (Å²) >= 11 is 0. The Bertz CT molecular complexity index is 611. The molecule has 0 fully saturated rings. The van der Waals surface area contributed by atoms with Crippen LogP contribution in [0.5, 0.6) is 5.75 Å². The summed E-state index contributed by atoms with van der Waals surface area (Å²) in [5, 5.41) is 9.21. The fourth-order valence-electron chi connectivity index (χ4n) is 2.44. The minimum Gasteiger partial charge on any atom is -0.493 e. The van der Waals surface area contributed by atoms with E-state index in [9.17, 15) is 9.90 Å². The Hall–Kier alpha value is -2.23. The molecule has 0 amide bonds. The van der Waals surface area contributed by atoms with Gasteiger partial charge in [-0.1, -0.05) is 62.7 Å². The molecule has 4 heteroatoms. The second kappa shape index (κ2) is 9.81. The van der Waals surface area contributed by atoms with Crippen molar-refractivity contribution in [2.24, 2.45) is 5.92 Å². The van der Waals surface area contributed by atoms with Crippen LogP contribution >= 0.6 is 0 Å². The van der Waals surface area contributed by atoms with Crippen molar-refractivity contribution < 1.29 is 14.6 Å². The first-order valence-corrected chi connectivity index (χ1v) is 8.09. The van der Waals surface area contributed by atoms with E-state index in [-0.39, 0.29) is 20.8 Å².